The van der Waals surface area contributed by atoms with Gasteiger partial charge in [0.25, 0.3) is 0 Å². The molecular weight excluding hydrogens is 360 g/mol. The van der Waals surface area contributed by atoms with E-state index in [4.69, 9.17) is 9.47 Å². The molecule has 0 saturated carbocycles. The van der Waals surface area contributed by atoms with Gasteiger partial charge in [-0.3, -0.25) is 4.79 Å². The number of benzene rings is 2. The predicted octanol–water partition coefficient (Wildman–Crippen LogP) is 4.40. The summed E-state index contributed by atoms with van der Waals surface area (Å²) in [4.78, 5) is 10.8. The molecule has 0 aliphatic heterocycles. The van der Waals surface area contributed by atoms with E-state index in [2.05, 4.69) is 15.9 Å². The van der Waals surface area contributed by atoms with Crippen molar-refractivity contribution in [2.24, 2.45) is 0 Å². The molecule has 23 heavy (non-hydrogen) atoms. The van der Waals surface area contributed by atoms with Crippen LogP contribution in [-0.4, -0.2) is 17.7 Å². The van der Waals surface area contributed by atoms with Crippen LogP contribution in [0.25, 0.3) is 0 Å². The number of para-hydroxylation sites is 1. The van der Waals surface area contributed by atoms with Crippen molar-refractivity contribution in [1.29, 1.82) is 0 Å². The van der Waals surface area contributed by atoms with Crippen molar-refractivity contribution in [2.45, 2.75) is 25.9 Å². The Hall–Kier alpha value is -1.85. The van der Waals surface area contributed by atoms with Gasteiger partial charge in [-0.1, -0.05) is 24.3 Å². The molecule has 2 rings (SSSR count). The zero-order valence-corrected chi connectivity index (χ0v) is 14.7. The molecule has 4 nitrogen and oxygen atoms in total. The van der Waals surface area contributed by atoms with E-state index in [-0.39, 0.29) is 12.6 Å². The van der Waals surface area contributed by atoms with Gasteiger partial charge in [0.05, 0.1) is 16.7 Å². The summed E-state index contributed by atoms with van der Waals surface area (Å²) in [5.41, 5.74) is -0.328. The van der Waals surface area contributed by atoms with Crippen molar-refractivity contribution in [3.63, 3.8) is 0 Å². The van der Waals surface area contributed by atoms with Crippen LogP contribution in [0.5, 0.6) is 11.5 Å². The summed E-state index contributed by atoms with van der Waals surface area (Å²) in [5.74, 6) is 1.05. The quantitative estimate of drug-likeness (QED) is 0.756. The summed E-state index contributed by atoms with van der Waals surface area (Å²) < 4.78 is 11.6. The third-order valence-electron chi connectivity index (χ3n) is 3.43. The molecule has 0 bridgehead atoms. The maximum absolute atomic E-state index is 10.8. The molecule has 5 heteroatoms. The van der Waals surface area contributed by atoms with Gasteiger partial charge in [-0.05, 0) is 52.7 Å². The molecule has 0 saturated heterocycles. The highest BCUT2D eigenvalue weighted by Crippen LogP contribution is 2.31. The van der Waals surface area contributed by atoms with Crippen LogP contribution < -0.4 is 4.74 Å². The normalized spacial score (nSPS) is 13.2. The van der Waals surface area contributed by atoms with Gasteiger partial charge in [-0.15, -0.1) is 0 Å². The number of carbonyl (C=O) groups is 1. The van der Waals surface area contributed by atoms with Crippen LogP contribution in [0, 0.1) is 0 Å². The monoisotopic (exact) mass is 378 g/mol. The molecule has 0 fully saturated rings. The fraction of sp³-hybridized carbons (Fsp3) is 0.278. The summed E-state index contributed by atoms with van der Waals surface area (Å²) in [7, 11) is 0. The average molecular weight is 379 g/mol. The fourth-order valence-corrected chi connectivity index (χ4v) is 2.44. The molecule has 0 amide bonds. The Bertz CT molecular complexity index is 665. The summed E-state index contributed by atoms with van der Waals surface area (Å²) in [6, 6.07) is 14.8. The van der Waals surface area contributed by atoms with Gasteiger partial charge < -0.3 is 14.6 Å². The van der Waals surface area contributed by atoms with Crippen LogP contribution in [0.3, 0.4) is 0 Å². The summed E-state index contributed by atoms with van der Waals surface area (Å²) in [6.07, 6.45) is 0.330. The zero-order valence-electron chi connectivity index (χ0n) is 13.1. The van der Waals surface area contributed by atoms with Gasteiger partial charge in [0.1, 0.15) is 11.5 Å². The number of aliphatic hydroxyl groups is 1. The SMILES string of the molecule is CC(=O)OCCC(C)(O)c1ccc(Oc2ccccc2Br)cc1. The molecular formula is C18H19BrO4. The molecule has 122 valence electrons. The van der Waals surface area contributed by atoms with Crippen LogP contribution in [0.2, 0.25) is 0 Å². The first-order chi connectivity index (χ1) is 10.9. The molecule has 0 radical (unpaired) electrons. The Morgan fingerprint density at radius 3 is 2.43 bits per heavy atom. The van der Waals surface area contributed by atoms with Crippen molar-refractivity contribution in [2.75, 3.05) is 6.61 Å². The Kier molecular flexibility index (Phi) is 5.80. The molecule has 1 atom stereocenters. The van der Waals surface area contributed by atoms with E-state index in [1.807, 2.05) is 24.3 Å². The predicted molar refractivity (Wildman–Crippen MR) is 91.5 cm³/mol. The Morgan fingerprint density at radius 1 is 1.17 bits per heavy atom. The topological polar surface area (TPSA) is 55.8 Å². The lowest BCUT2D eigenvalue weighted by Crippen LogP contribution is -2.23. The van der Waals surface area contributed by atoms with Gasteiger partial charge in [0.2, 0.25) is 0 Å². The number of ether oxygens (including phenoxy) is 2. The van der Waals surface area contributed by atoms with Crippen LogP contribution >= 0.6 is 15.9 Å². The minimum atomic E-state index is -1.07. The van der Waals surface area contributed by atoms with Crippen molar-refractivity contribution in [1.82, 2.24) is 0 Å². The second kappa shape index (κ2) is 7.62. The molecule has 0 heterocycles. The Balaban J connectivity index is 2.03. The minimum Gasteiger partial charge on any atom is -0.466 e. The van der Waals surface area contributed by atoms with Crippen LogP contribution in [0.1, 0.15) is 25.8 Å². The molecule has 1 unspecified atom stereocenters. The van der Waals surface area contributed by atoms with Crippen molar-refractivity contribution < 1.29 is 19.4 Å². The van der Waals surface area contributed by atoms with E-state index in [1.54, 1.807) is 31.2 Å². The highest BCUT2D eigenvalue weighted by Gasteiger charge is 2.23. The molecule has 1 N–H and O–H groups in total. The van der Waals surface area contributed by atoms with E-state index in [1.165, 1.54) is 6.92 Å². The third kappa shape index (κ3) is 5.08. The first-order valence-corrected chi connectivity index (χ1v) is 8.06. The lowest BCUT2D eigenvalue weighted by Gasteiger charge is -2.23. The van der Waals surface area contributed by atoms with Crippen molar-refractivity contribution in [3.8, 4) is 11.5 Å². The van der Waals surface area contributed by atoms with Crippen LogP contribution in [0.15, 0.2) is 53.0 Å². The van der Waals surface area contributed by atoms with E-state index < -0.39 is 5.60 Å². The van der Waals surface area contributed by atoms with Crippen LogP contribution in [-0.2, 0) is 15.1 Å². The summed E-state index contributed by atoms with van der Waals surface area (Å²) >= 11 is 3.43. The van der Waals surface area contributed by atoms with Gasteiger partial charge in [-0.2, -0.15) is 0 Å². The highest BCUT2D eigenvalue weighted by atomic mass is 79.9. The number of hydrogen-bond acceptors (Lipinski definition) is 4. The number of halogens is 1. The van der Waals surface area contributed by atoms with Crippen molar-refractivity contribution >= 4 is 21.9 Å². The van der Waals surface area contributed by atoms with E-state index in [0.29, 0.717) is 12.2 Å². The number of esters is 1. The molecule has 0 aromatic heterocycles. The lowest BCUT2D eigenvalue weighted by atomic mass is 9.93. The molecule has 2 aromatic carbocycles. The van der Waals surface area contributed by atoms with E-state index in [9.17, 15) is 9.90 Å². The van der Waals surface area contributed by atoms with Crippen LogP contribution in [0.4, 0.5) is 0 Å². The standard InChI is InChI=1S/C18H19BrO4/c1-13(20)22-12-11-18(2,21)14-7-9-15(10-8-14)23-17-6-4-3-5-16(17)19/h3-10,21H,11-12H2,1-2H3. The first kappa shape index (κ1) is 17.5. The van der Waals surface area contributed by atoms with E-state index in [0.717, 1.165) is 15.8 Å². The molecule has 0 aliphatic carbocycles. The van der Waals surface area contributed by atoms with Gasteiger partial charge in [-0.25, -0.2) is 0 Å². The third-order valence-corrected chi connectivity index (χ3v) is 4.09. The van der Waals surface area contributed by atoms with Gasteiger partial charge in [0.15, 0.2) is 0 Å². The Morgan fingerprint density at radius 2 is 1.83 bits per heavy atom. The fourth-order valence-electron chi connectivity index (χ4n) is 2.07. The van der Waals surface area contributed by atoms with Gasteiger partial charge in [0, 0.05) is 13.3 Å². The zero-order chi connectivity index (χ0) is 16.9. The molecule has 2 aromatic rings. The second-order valence-electron chi connectivity index (χ2n) is 5.42. The minimum absolute atomic E-state index is 0.178. The lowest BCUT2D eigenvalue weighted by molar-refractivity contribution is -0.142. The number of carbonyl (C=O) groups excluding carboxylic acids is 1. The second-order valence-corrected chi connectivity index (χ2v) is 6.28. The largest absolute Gasteiger partial charge is 0.466 e. The summed E-state index contributed by atoms with van der Waals surface area (Å²) in [5, 5.41) is 10.5. The van der Waals surface area contributed by atoms with Gasteiger partial charge >= 0.3 is 5.97 Å². The maximum Gasteiger partial charge on any atom is 0.302 e. The van der Waals surface area contributed by atoms with E-state index >= 15 is 0 Å². The summed E-state index contributed by atoms with van der Waals surface area (Å²) in [6.45, 7) is 3.22. The molecule has 0 aliphatic rings. The molecule has 0 spiro atoms. The smallest absolute Gasteiger partial charge is 0.302 e. The first-order valence-electron chi connectivity index (χ1n) is 7.27. The number of hydrogen-bond donors (Lipinski definition) is 1. The Labute approximate surface area is 144 Å². The highest BCUT2D eigenvalue weighted by molar-refractivity contribution is 9.10. The number of rotatable bonds is 6. The maximum atomic E-state index is 10.8. The van der Waals surface area contributed by atoms with Crippen molar-refractivity contribution in [3.05, 3.63) is 58.6 Å². The average Bonchev–Trinajstić information content (AvgIpc) is 2.49.